The highest BCUT2D eigenvalue weighted by Crippen LogP contribution is 2.19. The molecule has 0 radical (unpaired) electrons. The Morgan fingerprint density at radius 3 is 2.62 bits per heavy atom. The molecule has 21 heavy (non-hydrogen) atoms. The first-order valence-corrected chi connectivity index (χ1v) is 6.02. The number of carbonyl (C=O) groups is 1. The number of furan rings is 1. The lowest BCUT2D eigenvalue weighted by atomic mass is 10.3. The van der Waals surface area contributed by atoms with Gasteiger partial charge in [0.05, 0.1) is 24.7 Å². The molecule has 5 nitrogen and oxygen atoms in total. The van der Waals surface area contributed by atoms with Crippen LogP contribution in [0.1, 0.15) is 21.9 Å². The van der Waals surface area contributed by atoms with Crippen LogP contribution in [0.4, 0.5) is 13.2 Å². The van der Waals surface area contributed by atoms with Gasteiger partial charge in [-0.1, -0.05) is 0 Å². The zero-order chi connectivity index (χ0) is 15.5. The first-order chi connectivity index (χ1) is 9.85. The fourth-order valence-electron chi connectivity index (χ4n) is 1.67. The van der Waals surface area contributed by atoms with Gasteiger partial charge in [0.15, 0.2) is 0 Å². The maximum absolute atomic E-state index is 12.6. The molecule has 0 saturated heterocycles. The van der Waals surface area contributed by atoms with Gasteiger partial charge in [-0.25, -0.2) is 4.98 Å². The Labute approximate surface area is 118 Å². The van der Waals surface area contributed by atoms with Crippen molar-refractivity contribution in [3.8, 4) is 0 Å². The third-order valence-corrected chi connectivity index (χ3v) is 2.58. The normalized spacial score (nSPS) is 11.4. The molecular formula is C13H12F3N3O2. The molecule has 0 saturated carbocycles. The monoisotopic (exact) mass is 299 g/mol. The van der Waals surface area contributed by atoms with Gasteiger partial charge in [0.2, 0.25) is 0 Å². The van der Waals surface area contributed by atoms with Crippen molar-refractivity contribution in [2.45, 2.75) is 19.6 Å². The van der Waals surface area contributed by atoms with Gasteiger partial charge in [-0.15, -0.1) is 0 Å². The summed E-state index contributed by atoms with van der Waals surface area (Å²) < 4.78 is 42.8. The van der Waals surface area contributed by atoms with E-state index >= 15 is 0 Å². The van der Waals surface area contributed by atoms with Crippen molar-refractivity contribution in [2.24, 2.45) is 0 Å². The molecule has 1 amide bonds. The molecule has 0 bridgehead atoms. The second-order valence-electron chi connectivity index (χ2n) is 4.40. The molecule has 0 aliphatic carbocycles. The van der Waals surface area contributed by atoms with E-state index in [1.54, 1.807) is 6.92 Å². The first kappa shape index (κ1) is 15.0. The fourth-order valence-corrected chi connectivity index (χ4v) is 1.67. The van der Waals surface area contributed by atoms with Crippen LogP contribution in [-0.2, 0) is 6.54 Å². The number of alkyl halides is 3. The van der Waals surface area contributed by atoms with Crippen molar-refractivity contribution in [1.29, 1.82) is 0 Å². The highest BCUT2D eigenvalue weighted by atomic mass is 19.4. The minimum atomic E-state index is -4.51. The van der Waals surface area contributed by atoms with Gasteiger partial charge in [-0.05, 0) is 19.1 Å². The Bertz CT molecular complexity index is 594. The van der Waals surface area contributed by atoms with Crippen LogP contribution >= 0.6 is 0 Å². The highest BCUT2D eigenvalue weighted by Gasteiger charge is 2.34. The lowest BCUT2D eigenvalue weighted by molar-refractivity contribution is -0.142. The topological polar surface area (TPSA) is 59.2 Å². The summed E-state index contributed by atoms with van der Waals surface area (Å²) in [5.41, 5.74) is 0.427. The number of rotatable bonds is 4. The average molecular weight is 299 g/mol. The van der Waals surface area contributed by atoms with Crippen molar-refractivity contribution in [3.05, 3.63) is 47.9 Å². The maximum atomic E-state index is 12.6. The summed E-state index contributed by atoms with van der Waals surface area (Å²) in [6, 6.07) is 3.04. The molecule has 0 fully saturated rings. The van der Waals surface area contributed by atoms with E-state index in [0.717, 1.165) is 6.20 Å². The number of hydrogen-bond donors (Lipinski definition) is 0. The fraction of sp³-hybridized carbons (Fsp3) is 0.308. The van der Waals surface area contributed by atoms with Gasteiger partial charge >= 0.3 is 6.18 Å². The minimum absolute atomic E-state index is 0.142. The van der Waals surface area contributed by atoms with Crippen LogP contribution in [0.15, 0.2) is 35.2 Å². The summed E-state index contributed by atoms with van der Waals surface area (Å²) in [5, 5.41) is 0. The van der Waals surface area contributed by atoms with Gasteiger partial charge in [0.25, 0.3) is 5.91 Å². The molecule has 2 aromatic rings. The number of halogens is 3. The largest absolute Gasteiger partial charge is 0.467 e. The summed E-state index contributed by atoms with van der Waals surface area (Å²) >= 11 is 0. The summed E-state index contributed by atoms with van der Waals surface area (Å²) in [4.78, 5) is 20.4. The lowest BCUT2D eigenvalue weighted by Crippen LogP contribution is -2.38. The molecule has 2 rings (SSSR count). The van der Waals surface area contributed by atoms with Crippen molar-refractivity contribution in [3.63, 3.8) is 0 Å². The minimum Gasteiger partial charge on any atom is -0.467 e. The summed E-state index contributed by atoms with van der Waals surface area (Å²) in [5.74, 6) is -0.594. The molecule has 112 valence electrons. The average Bonchev–Trinajstić information content (AvgIpc) is 2.89. The quantitative estimate of drug-likeness (QED) is 0.870. The van der Waals surface area contributed by atoms with Gasteiger partial charge in [-0.2, -0.15) is 13.2 Å². The molecular weight excluding hydrogens is 287 g/mol. The molecule has 0 aliphatic rings. The van der Waals surface area contributed by atoms with E-state index in [4.69, 9.17) is 4.42 Å². The summed E-state index contributed by atoms with van der Waals surface area (Å²) in [6.07, 6.45) is -0.702. The Kier molecular flexibility index (Phi) is 4.25. The number of carbonyl (C=O) groups excluding carboxylic acids is 1. The van der Waals surface area contributed by atoms with Crippen molar-refractivity contribution >= 4 is 5.91 Å². The van der Waals surface area contributed by atoms with Gasteiger partial charge in [0.1, 0.15) is 18.0 Å². The predicted octanol–water partition coefficient (Wildman–Crippen LogP) is 2.58. The Balaban J connectivity index is 2.21. The summed E-state index contributed by atoms with van der Waals surface area (Å²) in [6.45, 7) is -0.0133. The standard InChI is InChI=1S/C13H12F3N3O2/c1-9-5-18-11(6-17-9)12(20)19(8-13(14,15)16)7-10-3-2-4-21-10/h2-6H,7-8H2,1H3. The third kappa shape index (κ3) is 4.30. The van der Waals surface area contributed by atoms with Crippen molar-refractivity contribution < 1.29 is 22.4 Å². The van der Waals surface area contributed by atoms with Crippen LogP contribution in [0, 0.1) is 6.92 Å². The van der Waals surface area contributed by atoms with Crippen molar-refractivity contribution in [1.82, 2.24) is 14.9 Å². The number of nitrogens with zero attached hydrogens (tertiary/aromatic N) is 3. The van der Waals surface area contributed by atoms with Crippen LogP contribution in [0.25, 0.3) is 0 Å². The molecule has 2 aromatic heterocycles. The molecule has 8 heteroatoms. The van der Waals surface area contributed by atoms with E-state index in [9.17, 15) is 18.0 Å². The molecule has 0 spiro atoms. The predicted molar refractivity (Wildman–Crippen MR) is 66.3 cm³/mol. The molecule has 2 heterocycles. The van der Waals surface area contributed by atoms with Crippen LogP contribution in [0.3, 0.4) is 0 Å². The summed E-state index contributed by atoms with van der Waals surface area (Å²) in [7, 11) is 0. The van der Waals surface area contributed by atoms with E-state index in [0.29, 0.717) is 10.6 Å². The second kappa shape index (κ2) is 5.94. The van der Waals surface area contributed by atoms with Gasteiger partial charge < -0.3 is 9.32 Å². The number of amides is 1. The second-order valence-corrected chi connectivity index (χ2v) is 4.40. The number of aromatic nitrogens is 2. The van der Waals surface area contributed by atoms with E-state index in [1.165, 1.54) is 24.6 Å². The van der Waals surface area contributed by atoms with Crippen LogP contribution < -0.4 is 0 Å². The van der Waals surface area contributed by atoms with Crippen molar-refractivity contribution in [2.75, 3.05) is 6.54 Å². The van der Waals surface area contributed by atoms with E-state index < -0.39 is 18.6 Å². The third-order valence-electron chi connectivity index (χ3n) is 2.58. The first-order valence-electron chi connectivity index (χ1n) is 6.02. The Morgan fingerprint density at radius 1 is 1.33 bits per heavy atom. The molecule has 0 aliphatic heterocycles. The van der Waals surface area contributed by atoms with Gasteiger partial charge in [-0.3, -0.25) is 9.78 Å². The molecule has 0 aromatic carbocycles. The van der Waals surface area contributed by atoms with Crippen LogP contribution in [0.5, 0.6) is 0 Å². The van der Waals surface area contributed by atoms with Gasteiger partial charge in [0, 0.05) is 6.20 Å². The molecule has 0 atom stereocenters. The maximum Gasteiger partial charge on any atom is 0.406 e. The number of aryl methyl sites for hydroxylation is 1. The molecule has 0 unspecified atom stereocenters. The number of hydrogen-bond acceptors (Lipinski definition) is 4. The highest BCUT2D eigenvalue weighted by molar-refractivity contribution is 5.91. The van der Waals surface area contributed by atoms with E-state index in [-0.39, 0.29) is 18.0 Å². The SMILES string of the molecule is Cc1cnc(C(=O)N(Cc2ccco2)CC(F)(F)F)cn1. The van der Waals surface area contributed by atoms with E-state index in [1.807, 2.05) is 0 Å². The zero-order valence-electron chi connectivity index (χ0n) is 11.1. The van der Waals surface area contributed by atoms with E-state index in [2.05, 4.69) is 9.97 Å². The zero-order valence-corrected chi connectivity index (χ0v) is 11.1. The molecule has 0 N–H and O–H groups in total. The lowest BCUT2D eigenvalue weighted by Gasteiger charge is -2.22. The Morgan fingerprint density at radius 2 is 2.10 bits per heavy atom. The smallest absolute Gasteiger partial charge is 0.406 e. The van der Waals surface area contributed by atoms with Crippen LogP contribution in [-0.4, -0.2) is 33.5 Å². The van der Waals surface area contributed by atoms with Crippen LogP contribution in [0.2, 0.25) is 0 Å². The Hall–Kier alpha value is -2.38.